The van der Waals surface area contributed by atoms with Crippen molar-refractivity contribution in [3.8, 4) is 5.75 Å². The number of ether oxygens (including phenoxy) is 2. The lowest BCUT2D eigenvalue weighted by atomic mass is 9.92. The lowest BCUT2D eigenvalue weighted by molar-refractivity contribution is -0.0108. The predicted octanol–water partition coefficient (Wildman–Crippen LogP) is 2.56. The summed E-state index contributed by atoms with van der Waals surface area (Å²) in [5.41, 5.74) is 0.775. The Balaban J connectivity index is 3.01. The SMILES string of the molecule is CCNC(c1cncc(OCC)c1)C(C)(C)OC. The molecule has 0 fully saturated rings. The van der Waals surface area contributed by atoms with Crippen LogP contribution < -0.4 is 10.1 Å². The third kappa shape index (κ3) is 3.68. The van der Waals surface area contributed by atoms with E-state index in [2.05, 4.69) is 31.1 Å². The van der Waals surface area contributed by atoms with Crippen molar-refractivity contribution in [3.05, 3.63) is 24.0 Å². The van der Waals surface area contributed by atoms with E-state index in [1.165, 1.54) is 0 Å². The molecule has 0 aliphatic rings. The molecule has 1 atom stereocenters. The van der Waals surface area contributed by atoms with Crippen LogP contribution in [0.15, 0.2) is 18.5 Å². The summed E-state index contributed by atoms with van der Waals surface area (Å²) in [4.78, 5) is 4.23. The topological polar surface area (TPSA) is 43.4 Å². The van der Waals surface area contributed by atoms with Gasteiger partial charge in [0, 0.05) is 13.3 Å². The summed E-state index contributed by atoms with van der Waals surface area (Å²) in [6.45, 7) is 9.69. The monoisotopic (exact) mass is 252 g/mol. The van der Waals surface area contributed by atoms with Crippen LogP contribution in [0.4, 0.5) is 0 Å². The molecule has 0 amide bonds. The number of nitrogens with zero attached hydrogens (tertiary/aromatic N) is 1. The Morgan fingerprint density at radius 2 is 2.06 bits per heavy atom. The number of hydrogen-bond donors (Lipinski definition) is 1. The van der Waals surface area contributed by atoms with Gasteiger partial charge in [0.1, 0.15) is 5.75 Å². The van der Waals surface area contributed by atoms with Gasteiger partial charge in [-0.2, -0.15) is 0 Å². The Labute approximate surface area is 110 Å². The van der Waals surface area contributed by atoms with Gasteiger partial charge in [-0.3, -0.25) is 4.98 Å². The van der Waals surface area contributed by atoms with Gasteiger partial charge in [-0.25, -0.2) is 0 Å². The maximum absolute atomic E-state index is 5.58. The van der Waals surface area contributed by atoms with Gasteiger partial charge in [-0.1, -0.05) is 6.92 Å². The minimum Gasteiger partial charge on any atom is -0.492 e. The van der Waals surface area contributed by atoms with Gasteiger partial charge >= 0.3 is 0 Å². The van der Waals surface area contributed by atoms with Crippen molar-refractivity contribution in [2.24, 2.45) is 0 Å². The summed E-state index contributed by atoms with van der Waals surface area (Å²) in [5.74, 6) is 0.796. The summed E-state index contributed by atoms with van der Waals surface area (Å²) in [6.07, 6.45) is 3.59. The number of nitrogens with one attached hydrogen (secondary N) is 1. The molecule has 1 heterocycles. The molecule has 0 saturated carbocycles. The molecule has 0 aliphatic carbocycles. The first-order valence-electron chi connectivity index (χ1n) is 6.41. The molecule has 1 rings (SSSR count). The van der Waals surface area contributed by atoms with Crippen LogP contribution in [0.1, 0.15) is 39.3 Å². The van der Waals surface area contributed by atoms with Crippen molar-refractivity contribution in [1.29, 1.82) is 0 Å². The highest BCUT2D eigenvalue weighted by molar-refractivity contribution is 5.27. The van der Waals surface area contributed by atoms with Gasteiger partial charge in [0.25, 0.3) is 0 Å². The first-order valence-corrected chi connectivity index (χ1v) is 6.41. The smallest absolute Gasteiger partial charge is 0.137 e. The van der Waals surface area contributed by atoms with Crippen LogP contribution in [0.3, 0.4) is 0 Å². The highest BCUT2D eigenvalue weighted by Gasteiger charge is 2.30. The molecular formula is C14H24N2O2. The van der Waals surface area contributed by atoms with Crippen molar-refractivity contribution in [2.45, 2.75) is 39.3 Å². The second kappa shape index (κ2) is 6.71. The largest absolute Gasteiger partial charge is 0.492 e. The lowest BCUT2D eigenvalue weighted by Gasteiger charge is -2.34. The van der Waals surface area contributed by atoms with Gasteiger partial charge in [0.05, 0.1) is 24.4 Å². The maximum Gasteiger partial charge on any atom is 0.137 e. The van der Waals surface area contributed by atoms with E-state index in [9.17, 15) is 0 Å². The Morgan fingerprint density at radius 3 is 2.61 bits per heavy atom. The number of rotatable bonds is 7. The van der Waals surface area contributed by atoms with Crippen molar-refractivity contribution in [3.63, 3.8) is 0 Å². The summed E-state index contributed by atoms with van der Waals surface area (Å²) in [6, 6.07) is 2.10. The van der Waals surface area contributed by atoms with Crippen molar-refractivity contribution < 1.29 is 9.47 Å². The summed E-state index contributed by atoms with van der Waals surface area (Å²) < 4.78 is 11.1. The molecule has 1 aromatic rings. The maximum atomic E-state index is 5.58. The molecule has 1 N–H and O–H groups in total. The molecule has 18 heavy (non-hydrogen) atoms. The van der Waals surface area contributed by atoms with E-state index >= 15 is 0 Å². The fourth-order valence-corrected chi connectivity index (χ4v) is 1.93. The zero-order chi connectivity index (χ0) is 13.6. The van der Waals surface area contributed by atoms with Crippen LogP contribution in [-0.4, -0.2) is 30.8 Å². The Bertz CT molecular complexity index is 367. The van der Waals surface area contributed by atoms with E-state index in [-0.39, 0.29) is 11.6 Å². The Kier molecular flexibility index (Phi) is 5.56. The molecule has 1 aromatic heterocycles. The third-order valence-electron chi connectivity index (χ3n) is 3.01. The van der Waals surface area contributed by atoms with Crippen LogP contribution in [0.5, 0.6) is 5.75 Å². The average molecular weight is 252 g/mol. The van der Waals surface area contributed by atoms with Gasteiger partial charge in [0.2, 0.25) is 0 Å². The van der Waals surface area contributed by atoms with Gasteiger partial charge in [-0.05, 0) is 38.9 Å². The van der Waals surface area contributed by atoms with E-state index in [0.29, 0.717) is 6.61 Å². The second-order valence-corrected chi connectivity index (χ2v) is 4.69. The minimum atomic E-state index is -0.303. The number of pyridine rings is 1. The van der Waals surface area contributed by atoms with E-state index in [1.54, 1.807) is 13.3 Å². The zero-order valence-corrected chi connectivity index (χ0v) is 12.0. The standard InChI is InChI=1S/C14H24N2O2/c1-6-16-13(14(3,4)17-5)11-8-12(18-7-2)10-15-9-11/h8-10,13,16H,6-7H2,1-5H3. The number of aromatic nitrogens is 1. The van der Waals surface area contributed by atoms with Crippen LogP contribution in [0.25, 0.3) is 0 Å². The first kappa shape index (κ1) is 14.9. The van der Waals surface area contributed by atoms with E-state index < -0.39 is 0 Å². The van der Waals surface area contributed by atoms with E-state index in [0.717, 1.165) is 17.9 Å². The summed E-state index contributed by atoms with van der Waals surface area (Å²) in [5, 5.41) is 3.44. The van der Waals surface area contributed by atoms with Crippen LogP contribution in [0, 0.1) is 0 Å². The van der Waals surface area contributed by atoms with Crippen LogP contribution in [-0.2, 0) is 4.74 Å². The van der Waals surface area contributed by atoms with Gasteiger partial charge in [0.15, 0.2) is 0 Å². The van der Waals surface area contributed by atoms with Crippen molar-refractivity contribution in [2.75, 3.05) is 20.3 Å². The van der Waals surface area contributed by atoms with Crippen molar-refractivity contribution >= 4 is 0 Å². The molecule has 0 aliphatic heterocycles. The second-order valence-electron chi connectivity index (χ2n) is 4.69. The lowest BCUT2D eigenvalue weighted by Crippen LogP contribution is -2.40. The minimum absolute atomic E-state index is 0.0837. The highest BCUT2D eigenvalue weighted by atomic mass is 16.5. The molecule has 4 nitrogen and oxygen atoms in total. The van der Waals surface area contributed by atoms with E-state index in [4.69, 9.17) is 9.47 Å². The third-order valence-corrected chi connectivity index (χ3v) is 3.01. The summed E-state index contributed by atoms with van der Waals surface area (Å²) >= 11 is 0. The van der Waals surface area contributed by atoms with Gasteiger partial charge < -0.3 is 14.8 Å². The number of methoxy groups -OCH3 is 1. The fraction of sp³-hybridized carbons (Fsp3) is 0.643. The molecule has 0 radical (unpaired) electrons. The van der Waals surface area contributed by atoms with Gasteiger partial charge in [-0.15, -0.1) is 0 Å². The Morgan fingerprint density at radius 1 is 1.33 bits per heavy atom. The molecule has 4 heteroatoms. The molecule has 102 valence electrons. The van der Waals surface area contributed by atoms with Crippen LogP contribution >= 0.6 is 0 Å². The molecule has 0 bridgehead atoms. The first-order chi connectivity index (χ1) is 8.55. The number of likely N-dealkylation sites (N-methyl/N-ethyl adjacent to an activating group) is 1. The fourth-order valence-electron chi connectivity index (χ4n) is 1.93. The molecular weight excluding hydrogens is 228 g/mol. The Hall–Kier alpha value is -1.13. The average Bonchev–Trinajstić information content (AvgIpc) is 2.36. The highest BCUT2D eigenvalue weighted by Crippen LogP contribution is 2.29. The predicted molar refractivity (Wildman–Crippen MR) is 72.9 cm³/mol. The normalized spacial score (nSPS) is 13.4. The molecule has 0 aromatic carbocycles. The summed E-state index contributed by atoms with van der Waals surface area (Å²) in [7, 11) is 1.73. The molecule has 0 spiro atoms. The zero-order valence-electron chi connectivity index (χ0n) is 12.0. The van der Waals surface area contributed by atoms with E-state index in [1.807, 2.05) is 19.2 Å². The quantitative estimate of drug-likeness (QED) is 0.810. The van der Waals surface area contributed by atoms with Crippen molar-refractivity contribution in [1.82, 2.24) is 10.3 Å². The molecule has 1 unspecified atom stereocenters. The molecule has 0 saturated heterocycles. The van der Waals surface area contributed by atoms with Crippen LogP contribution in [0.2, 0.25) is 0 Å². The number of hydrogen-bond acceptors (Lipinski definition) is 4.